The van der Waals surface area contributed by atoms with Crippen LogP contribution in [0.5, 0.6) is 0 Å². The molecule has 10 aromatic rings. The van der Waals surface area contributed by atoms with Gasteiger partial charge in [0, 0.05) is 45.0 Å². The minimum atomic E-state index is 0.0523. The first-order chi connectivity index (χ1) is 34.7. The Balaban J connectivity index is 0.818. The summed E-state index contributed by atoms with van der Waals surface area (Å²) in [5.41, 5.74) is 21.4. The molecule has 0 N–H and O–H groups in total. The molecule has 4 aliphatic rings. The van der Waals surface area contributed by atoms with Gasteiger partial charge in [-0.25, -0.2) is 0 Å². The van der Waals surface area contributed by atoms with Crippen molar-refractivity contribution in [3.8, 4) is 33.4 Å². The van der Waals surface area contributed by atoms with Gasteiger partial charge in [0.05, 0.1) is 0 Å². The number of nitrogens with zero attached hydrogens (tertiary/aromatic N) is 2. The highest BCUT2D eigenvalue weighted by atomic mass is 15.1. The van der Waals surface area contributed by atoms with Gasteiger partial charge in [0.2, 0.25) is 0 Å². The van der Waals surface area contributed by atoms with Crippen LogP contribution in [0.25, 0.3) is 54.9 Å². The van der Waals surface area contributed by atoms with E-state index >= 15 is 0 Å². The van der Waals surface area contributed by atoms with E-state index in [4.69, 9.17) is 0 Å². The predicted molar refractivity (Wildman–Crippen MR) is 295 cm³/mol. The molecule has 0 bridgehead atoms. The third-order valence-electron chi connectivity index (χ3n) is 17.0. The second-order valence-corrected chi connectivity index (χ2v) is 20.6. The Hall–Kier alpha value is -7.68. The molecule has 0 radical (unpaired) electrons. The quantitative estimate of drug-likeness (QED) is 0.157. The second kappa shape index (κ2) is 16.5. The standard InChI is InChI=1S/C68H56N2/c1-5-19-51(20-6-1)69(55-35-37-59-63(45-55)67(41-13-3-14-42-67)61-39-29-49-17-9-11-23-57(49)65(59)61)53-31-25-47(26-32-53)48-27-33-54(34-28-48)70(52-21-7-2-8-22-52)56-36-38-60-64(46-56)68(43-15-4-16-44-68)62-40-30-50-18-10-12-24-58(50)66(60)62/h1-2,5-12,17-40,45-46H,3-4,13-16,41-44H2. The van der Waals surface area contributed by atoms with Crippen LogP contribution >= 0.6 is 0 Å². The Morgan fingerprint density at radius 2 is 0.629 bits per heavy atom. The van der Waals surface area contributed by atoms with Gasteiger partial charge in [0.15, 0.2) is 0 Å². The van der Waals surface area contributed by atoms with Crippen LogP contribution in [0.15, 0.2) is 218 Å². The molecule has 0 aromatic heterocycles. The van der Waals surface area contributed by atoms with E-state index in [0.29, 0.717) is 0 Å². The maximum Gasteiger partial charge on any atom is 0.0465 e. The van der Waals surface area contributed by atoms with E-state index in [1.165, 1.54) is 153 Å². The molecule has 70 heavy (non-hydrogen) atoms. The van der Waals surface area contributed by atoms with E-state index in [9.17, 15) is 0 Å². The zero-order chi connectivity index (χ0) is 46.2. The fraction of sp³-hybridized carbons (Fsp3) is 0.176. The molecule has 2 spiro atoms. The smallest absolute Gasteiger partial charge is 0.0465 e. The first-order valence-electron chi connectivity index (χ1n) is 25.9. The summed E-state index contributed by atoms with van der Waals surface area (Å²) in [6.07, 6.45) is 12.5. The molecule has 0 heterocycles. The third kappa shape index (κ3) is 6.39. The molecule has 338 valence electrons. The number of para-hydroxylation sites is 2. The van der Waals surface area contributed by atoms with E-state index in [1.54, 1.807) is 0 Å². The van der Waals surface area contributed by atoms with Crippen molar-refractivity contribution < 1.29 is 0 Å². The minimum Gasteiger partial charge on any atom is -0.310 e. The zero-order valence-corrected chi connectivity index (χ0v) is 39.8. The van der Waals surface area contributed by atoms with Crippen molar-refractivity contribution in [2.45, 2.75) is 75.0 Å². The number of hydrogen-bond donors (Lipinski definition) is 0. The van der Waals surface area contributed by atoms with Crippen molar-refractivity contribution >= 4 is 55.7 Å². The maximum absolute atomic E-state index is 2.55. The van der Waals surface area contributed by atoms with E-state index in [1.807, 2.05) is 0 Å². The molecule has 0 unspecified atom stereocenters. The summed E-state index contributed by atoms with van der Waals surface area (Å²) in [5.74, 6) is 0. The maximum atomic E-state index is 2.55. The van der Waals surface area contributed by atoms with Gasteiger partial charge in [-0.1, -0.05) is 184 Å². The molecule has 14 rings (SSSR count). The van der Waals surface area contributed by atoms with Gasteiger partial charge in [-0.15, -0.1) is 0 Å². The molecule has 2 fully saturated rings. The van der Waals surface area contributed by atoms with Crippen LogP contribution in [-0.4, -0.2) is 0 Å². The molecule has 2 nitrogen and oxygen atoms in total. The van der Waals surface area contributed by atoms with Gasteiger partial charge < -0.3 is 9.80 Å². The lowest BCUT2D eigenvalue weighted by Gasteiger charge is -2.36. The van der Waals surface area contributed by atoms with Crippen molar-refractivity contribution in [1.29, 1.82) is 0 Å². The van der Waals surface area contributed by atoms with E-state index in [2.05, 4.69) is 228 Å². The lowest BCUT2D eigenvalue weighted by molar-refractivity contribution is 0.353. The van der Waals surface area contributed by atoms with Crippen LogP contribution in [-0.2, 0) is 10.8 Å². The van der Waals surface area contributed by atoms with Gasteiger partial charge in [-0.3, -0.25) is 0 Å². The fourth-order valence-corrected chi connectivity index (χ4v) is 13.8. The topological polar surface area (TPSA) is 6.48 Å². The highest BCUT2D eigenvalue weighted by molar-refractivity contribution is 6.04. The van der Waals surface area contributed by atoms with Gasteiger partial charge in [-0.05, 0) is 176 Å². The van der Waals surface area contributed by atoms with Crippen LogP contribution in [0.3, 0.4) is 0 Å². The molecule has 2 heteroatoms. The number of fused-ring (bicyclic) bond motifs is 14. The van der Waals surface area contributed by atoms with Crippen LogP contribution in [0.2, 0.25) is 0 Å². The SMILES string of the molecule is c1ccc(N(c2ccc(-c3ccc(N(c4ccccc4)c4ccc5c(c4)C4(CCCCC4)c4ccc6ccccc6c4-5)cc3)cc2)c2ccc3c(c2)C2(CCCCC2)c2ccc4ccccc4c2-3)cc1. The number of hydrogen-bond acceptors (Lipinski definition) is 2. The summed E-state index contributed by atoms with van der Waals surface area (Å²) in [4.78, 5) is 4.91. The van der Waals surface area contributed by atoms with E-state index in [-0.39, 0.29) is 10.8 Å². The zero-order valence-electron chi connectivity index (χ0n) is 39.8. The van der Waals surface area contributed by atoms with Crippen LogP contribution in [0, 0.1) is 0 Å². The number of anilines is 6. The minimum absolute atomic E-state index is 0.0523. The molecule has 0 aliphatic heterocycles. The summed E-state index contributed by atoms with van der Waals surface area (Å²) < 4.78 is 0. The van der Waals surface area contributed by atoms with Crippen molar-refractivity contribution in [1.82, 2.24) is 0 Å². The summed E-state index contributed by atoms with van der Waals surface area (Å²) in [7, 11) is 0. The average molecular weight is 901 g/mol. The summed E-state index contributed by atoms with van der Waals surface area (Å²) in [6.45, 7) is 0. The molecule has 0 amide bonds. The lowest BCUT2D eigenvalue weighted by Crippen LogP contribution is -2.28. The highest BCUT2D eigenvalue weighted by Gasteiger charge is 2.46. The molecule has 0 saturated heterocycles. The Kier molecular flexibility index (Phi) is 9.73. The van der Waals surface area contributed by atoms with Gasteiger partial charge in [-0.2, -0.15) is 0 Å². The van der Waals surface area contributed by atoms with Crippen LogP contribution in [0.4, 0.5) is 34.1 Å². The van der Waals surface area contributed by atoms with Gasteiger partial charge in [0.1, 0.15) is 0 Å². The number of benzene rings is 10. The van der Waals surface area contributed by atoms with Crippen molar-refractivity contribution in [2.75, 3.05) is 9.80 Å². The monoisotopic (exact) mass is 900 g/mol. The molecular formula is C68H56N2. The second-order valence-electron chi connectivity index (χ2n) is 20.6. The van der Waals surface area contributed by atoms with Crippen LogP contribution < -0.4 is 9.80 Å². The Bertz CT molecular complexity index is 3350. The first-order valence-corrected chi connectivity index (χ1v) is 25.9. The van der Waals surface area contributed by atoms with Gasteiger partial charge >= 0.3 is 0 Å². The molecule has 4 aliphatic carbocycles. The first kappa shape index (κ1) is 41.3. The molecule has 10 aromatic carbocycles. The fourth-order valence-electron chi connectivity index (χ4n) is 13.8. The van der Waals surface area contributed by atoms with Crippen LogP contribution in [0.1, 0.15) is 86.5 Å². The summed E-state index contributed by atoms with van der Waals surface area (Å²) in [6, 6.07) is 82.6. The lowest BCUT2D eigenvalue weighted by atomic mass is 9.67. The van der Waals surface area contributed by atoms with Gasteiger partial charge in [0.25, 0.3) is 0 Å². The highest BCUT2D eigenvalue weighted by Crippen LogP contribution is 2.60. The Labute approximate surface area is 412 Å². The third-order valence-corrected chi connectivity index (χ3v) is 17.0. The van der Waals surface area contributed by atoms with Crippen molar-refractivity contribution in [3.63, 3.8) is 0 Å². The predicted octanol–water partition coefficient (Wildman–Crippen LogP) is 19.1. The van der Waals surface area contributed by atoms with Crippen molar-refractivity contribution in [3.05, 3.63) is 241 Å². The van der Waals surface area contributed by atoms with E-state index < -0.39 is 0 Å². The Morgan fingerprint density at radius 1 is 0.271 bits per heavy atom. The average Bonchev–Trinajstić information content (AvgIpc) is 3.85. The normalized spacial score (nSPS) is 15.9. The molecule has 0 atom stereocenters. The Morgan fingerprint density at radius 3 is 1.04 bits per heavy atom. The summed E-state index contributed by atoms with van der Waals surface area (Å²) >= 11 is 0. The van der Waals surface area contributed by atoms with Crippen molar-refractivity contribution in [2.24, 2.45) is 0 Å². The number of rotatable bonds is 7. The summed E-state index contributed by atoms with van der Waals surface area (Å²) in [5, 5.41) is 5.41. The largest absolute Gasteiger partial charge is 0.310 e. The molecule has 2 saturated carbocycles. The molecular weight excluding hydrogens is 845 g/mol. The van der Waals surface area contributed by atoms with E-state index in [0.717, 1.165) is 22.7 Å².